The van der Waals surface area contributed by atoms with E-state index in [1.807, 2.05) is 6.20 Å². The van der Waals surface area contributed by atoms with E-state index in [4.69, 9.17) is 0 Å². The summed E-state index contributed by atoms with van der Waals surface area (Å²) in [5, 5.41) is 7.80. The molecule has 2 heterocycles. The zero-order valence-electron chi connectivity index (χ0n) is 9.25. The molecule has 1 unspecified atom stereocenters. The van der Waals surface area contributed by atoms with Crippen LogP contribution in [0.3, 0.4) is 0 Å². The topological polar surface area (TPSA) is 29.9 Å². The number of aromatic nitrogens is 2. The van der Waals surface area contributed by atoms with Crippen molar-refractivity contribution in [3.8, 4) is 0 Å². The summed E-state index contributed by atoms with van der Waals surface area (Å²) in [6.45, 7) is 8.78. The molecule has 0 saturated carbocycles. The first kappa shape index (κ1) is 9.71. The SMILES string of the molecule is CC(C)(C)n1cc(C2CCNC2)cn1. The standard InChI is InChI=1S/C11H19N3/c1-11(2,3)14-8-10(7-13-14)9-4-5-12-6-9/h7-9,12H,4-6H2,1-3H3. The van der Waals surface area contributed by atoms with Crippen LogP contribution >= 0.6 is 0 Å². The van der Waals surface area contributed by atoms with Crippen LogP contribution in [0.1, 0.15) is 38.7 Å². The van der Waals surface area contributed by atoms with E-state index in [9.17, 15) is 0 Å². The summed E-state index contributed by atoms with van der Waals surface area (Å²) in [5.41, 5.74) is 1.48. The first-order chi connectivity index (χ1) is 6.57. The van der Waals surface area contributed by atoms with Gasteiger partial charge in [0.15, 0.2) is 0 Å². The summed E-state index contributed by atoms with van der Waals surface area (Å²) in [4.78, 5) is 0. The minimum absolute atomic E-state index is 0.101. The summed E-state index contributed by atoms with van der Waals surface area (Å²) >= 11 is 0. The van der Waals surface area contributed by atoms with Crippen LogP contribution < -0.4 is 5.32 Å². The van der Waals surface area contributed by atoms with Crippen LogP contribution in [0.5, 0.6) is 0 Å². The van der Waals surface area contributed by atoms with Crippen LogP contribution in [0.4, 0.5) is 0 Å². The number of rotatable bonds is 1. The van der Waals surface area contributed by atoms with Gasteiger partial charge in [0.25, 0.3) is 0 Å². The maximum Gasteiger partial charge on any atom is 0.0543 e. The Hall–Kier alpha value is -0.830. The maximum absolute atomic E-state index is 4.42. The normalized spacial score (nSPS) is 22.9. The van der Waals surface area contributed by atoms with Crippen LogP contribution in [-0.2, 0) is 5.54 Å². The van der Waals surface area contributed by atoms with Gasteiger partial charge in [-0.1, -0.05) is 0 Å². The molecular weight excluding hydrogens is 174 g/mol. The zero-order chi connectivity index (χ0) is 10.2. The van der Waals surface area contributed by atoms with Crippen molar-refractivity contribution < 1.29 is 0 Å². The van der Waals surface area contributed by atoms with Gasteiger partial charge in [-0.2, -0.15) is 5.10 Å². The molecule has 1 aliphatic heterocycles. The number of hydrogen-bond donors (Lipinski definition) is 1. The second-order valence-electron chi connectivity index (χ2n) is 5.08. The summed E-state index contributed by atoms with van der Waals surface area (Å²) in [6.07, 6.45) is 5.45. The molecule has 78 valence electrons. The van der Waals surface area contributed by atoms with Gasteiger partial charge in [0.05, 0.1) is 11.7 Å². The average molecular weight is 193 g/mol. The zero-order valence-corrected chi connectivity index (χ0v) is 9.25. The van der Waals surface area contributed by atoms with Crippen molar-refractivity contribution in [3.05, 3.63) is 18.0 Å². The van der Waals surface area contributed by atoms with Crippen molar-refractivity contribution in [1.82, 2.24) is 15.1 Å². The average Bonchev–Trinajstić information content (AvgIpc) is 2.73. The quantitative estimate of drug-likeness (QED) is 0.736. The smallest absolute Gasteiger partial charge is 0.0543 e. The molecule has 14 heavy (non-hydrogen) atoms. The molecule has 1 saturated heterocycles. The molecule has 1 aromatic heterocycles. The fourth-order valence-corrected chi connectivity index (χ4v) is 1.85. The van der Waals surface area contributed by atoms with E-state index < -0.39 is 0 Å². The van der Waals surface area contributed by atoms with Gasteiger partial charge < -0.3 is 5.32 Å². The molecule has 1 atom stereocenters. The van der Waals surface area contributed by atoms with E-state index in [1.165, 1.54) is 12.0 Å². The third-order valence-corrected chi connectivity index (χ3v) is 2.82. The van der Waals surface area contributed by atoms with Gasteiger partial charge in [-0.3, -0.25) is 4.68 Å². The molecule has 3 nitrogen and oxygen atoms in total. The lowest BCUT2D eigenvalue weighted by Gasteiger charge is -2.18. The molecule has 0 spiro atoms. The van der Waals surface area contributed by atoms with Crippen LogP contribution in [0, 0.1) is 0 Å². The van der Waals surface area contributed by atoms with Crippen LogP contribution in [-0.4, -0.2) is 22.9 Å². The van der Waals surface area contributed by atoms with Gasteiger partial charge in [0, 0.05) is 18.7 Å². The molecule has 1 aromatic rings. The fourth-order valence-electron chi connectivity index (χ4n) is 1.85. The Morgan fingerprint density at radius 1 is 1.50 bits per heavy atom. The van der Waals surface area contributed by atoms with Crippen molar-refractivity contribution in [2.24, 2.45) is 0 Å². The summed E-state index contributed by atoms with van der Waals surface area (Å²) < 4.78 is 2.06. The Kier molecular flexibility index (Phi) is 2.35. The Labute approximate surface area is 85.5 Å². The number of nitrogens with zero attached hydrogens (tertiary/aromatic N) is 2. The van der Waals surface area contributed by atoms with Gasteiger partial charge in [-0.25, -0.2) is 0 Å². The van der Waals surface area contributed by atoms with E-state index >= 15 is 0 Å². The van der Waals surface area contributed by atoms with E-state index in [-0.39, 0.29) is 5.54 Å². The summed E-state index contributed by atoms with van der Waals surface area (Å²) in [5.74, 6) is 0.672. The number of nitrogens with one attached hydrogen (secondary N) is 1. The third-order valence-electron chi connectivity index (χ3n) is 2.82. The first-order valence-electron chi connectivity index (χ1n) is 5.33. The van der Waals surface area contributed by atoms with E-state index in [0.29, 0.717) is 5.92 Å². The van der Waals surface area contributed by atoms with E-state index in [2.05, 4.69) is 42.1 Å². The monoisotopic (exact) mass is 193 g/mol. The predicted octanol–water partition coefficient (Wildman–Crippen LogP) is 1.71. The van der Waals surface area contributed by atoms with E-state index in [0.717, 1.165) is 13.1 Å². The highest BCUT2D eigenvalue weighted by Crippen LogP contribution is 2.23. The van der Waals surface area contributed by atoms with Gasteiger partial charge >= 0.3 is 0 Å². The lowest BCUT2D eigenvalue weighted by molar-refractivity contribution is 0.355. The second kappa shape index (κ2) is 3.39. The van der Waals surface area contributed by atoms with Crippen molar-refractivity contribution in [2.45, 2.75) is 38.6 Å². The van der Waals surface area contributed by atoms with Gasteiger partial charge in [-0.05, 0) is 39.3 Å². The Morgan fingerprint density at radius 2 is 2.29 bits per heavy atom. The highest BCUT2D eigenvalue weighted by Gasteiger charge is 2.20. The van der Waals surface area contributed by atoms with Gasteiger partial charge in [0.2, 0.25) is 0 Å². The van der Waals surface area contributed by atoms with Gasteiger partial charge in [0.1, 0.15) is 0 Å². The molecular formula is C11H19N3. The van der Waals surface area contributed by atoms with E-state index in [1.54, 1.807) is 0 Å². The molecule has 1 fully saturated rings. The molecule has 0 aromatic carbocycles. The van der Waals surface area contributed by atoms with Crippen molar-refractivity contribution in [2.75, 3.05) is 13.1 Å². The lowest BCUT2D eigenvalue weighted by Crippen LogP contribution is -2.22. The van der Waals surface area contributed by atoms with Crippen LogP contribution in [0.15, 0.2) is 12.4 Å². The molecule has 0 amide bonds. The van der Waals surface area contributed by atoms with Crippen molar-refractivity contribution >= 4 is 0 Å². The number of hydrogen-bond acceptors (Lipinski definition) is 2. The third kappa shape index (κ3) is 1.82. The van der Waals surface area contributed by atoms with Crippen LogP contribution in [0.25, 0.3) is 0 Å². The molecule has 1 N–H and O–H groups in total. The Morgan fingerprint density at radius 3 is 2.79 bits per heavy atom. The predicted molar refractivity (Wildman–Crippen MR) is 57.5 cm³/mol. The molecule has 0 bridgehead atoms. The lowest BCUT2D eigenvalue weighted by atomic mass is 10.0. The maximum atomic E-state index is 4.42. The molecule has 3 heteroatoms. The fraction of sp³-hybridized carbons (Fsp3) is 0.727. The van der Waals surface area contributed by atoms with Gasteiger partial charge in [-0.15, -0.1) is 0 Å². The highest BCUT2D eigenvalue weighted by atomic mass is 15.3. The molecule has 0 aliphatic carbocycles. The minimum atomic E-state index is 0.101. The van der Waals surface area contributed by atoms with Crippen LogP contribution in [0.2, 0.25) is 0 Å². The molecule has 0 radical (unpaired) electrons. The highest BCUT2D eigenvalue weighted by molar-refractivity contribution is 5.14. The largest absolute Gasteiger partial charge is 0.316 e. The summed E-state index contributed by atoms with van der Waals surface area (Å²) in [7, 11) is 0. The summed E-state index contributed by atoms with van der Waals surface area (Å²) in [6, 6.07) is 0. The second-order valence-corrected chi connectivity index (χ2v) is 5.08. The first-order valence-corrected chi connectivity index (χ1v) is 5.33. The van der Waals surface area contributed by atoms with Crippen molar-refractivity contribution in [1.29, 1.82) is 0 Å². The van der Waals surface area contributed by atoms with Crippen molar-refractivity contribution in [3.63, 3.8) is 0 Å². The minimum Gasteiger partial charge on any atom is -0.316 e. The molecule has 2 rings (SSSR count). The Bertz CT molecular complexity index is 303. The molecule has 1 aliphatic rings. The Balaban J connectivity index is 2.17.